The molecule has 0 heterocycles. The predicted molar refractivity (Wildman–Crippen MR) is 304 cm³/mol. The van der Waals surface area contributed by atoms with Crippen molar-refractivity contribution in [1.29, 1.82) is 0 Å². The smallest absolute Gasteiger partial charge is 0.00264 e. The molecule has 0 amide bonds. The number of rotatable bonds is 8. The van der Waals surface area contributed by atoms with Gasteiger partial charge in [0, 0.05) is 0 Å². The van der Waals surface area contributed by atoms with Crippen LogP contribution in [0, 0.1) is 0 Å². The maximum absolute atomic E-state index is 2.33. The summed E-state index contributed by atoms with van der Waals surface area (Å²) in [5, 5.41) is 15.3. The fourth-order valence-electron chi connectivity index (χ4n) is 10.8. The van der Waals surface area contributed by atoms with Crippen molar-refractivity contribution in [2.75, 3.05) is 0 Å². The number of benzene rings is 13. The predicted octanol–water partition coefficient (Wildman–Crippen LogP) is 19.6. The van der Waals surface area contributed by atoms with Gasteiger partial charge in [0.15, 0.2) is 0 Å². The molecule has 0 aliphatic rings. The van der Waals surface area contributed by atoms with Crippen LogP contribution in [0.1, 0.15) is 22.3 Å². The molecule has 0 saturated heterocycles. The third-order valence-electron chi connectivity index (χ3n) is 14.2. The summed E-state index contributed by atoms with van der Waals surface area (Å²) in [7, 11) is 0. The van der Waals surface area contributed by atoms with Crippen LogP contribution >= 0.6 is 0 Å². The summed E-state index contributed by atoms with van der Waals surface area (Å²) in [6.45, 7) is 0. The van der Waals surface area contributed by atoms with Gasteiger partial charge in [0.05, 0.1) is 0 Å². The second kappa shape index (κ2) is 17.5. The molecule has 326 valence electrons. The van der Waals surface area contributed by atoms with E-state index in [1.165, 1.54) is 131 Å². The van der Waals surface area contributed by atoms with Gasteiger partial charge in [-0.1, -0.05) is 267 Å². The largest absolute Gasteiger partial charge is 0.0616 e. The molecule has 0 radical (unpaired) electrons. The molecule has 70 heavy (non-hydrogen) atoms. The van der Waals surface area contributed by atoms with Gasteiger partial charge in [-0.2, -0.15) is 0 Å². The van der Waals surface area contributed by atoms with Crippen LogP contribution in [-0.2, 0) is 0 Å². The molecule has 0 saturated carbocycles. The van der Waals surface area contributed by atoms with E-state index in [1.54, 1.807) is 0 Å². The molecule has 0 N–H and O–H groups in total. The second-order valence-electron chi connectivity index (χ2n) is 18.4. The number of hydrogen-bond donors (Lipinski definition) is 0. The molecular weight excluding hydrogens is 841 g/mol. The van der Waals surface area contributed by atoms with Gasteiger partial charge in [-0.25, -0.2) is 0 Å². The molecule has 0 aliphatic heterocycles. The van der Waals surface area contributed by atoms with Crippen molar-refractivity contribution in [2.24, 2.45) is 0 Å². The first-order chi connectivity index (χ1) is 34.7. The van der Waals surface area contributed by atoms with E-state index < -0.39 is 0 Å². The topological polar surface area (TPSA) is 0 Å². The summed E-state index contributed by atoms with van der Waals surface area (Å²) in [4.78, 5) is 0. The third-order valence-corrected chi connectivity index (χ3v) is 14.2. The van der Waals surface area contributed by atoms with Gasteiger partial charge in [-0.3, -0.25) is 0 Å². The van der Waals surface area contributed by atoms with E-state index in [0.717, 1.165) is 0 Å². The van der Waals surface area contributed by atoms with Crippen molar-refractivity contribution in [2.45, 2.75) is 0 Å². The van der Waals surface area contributed by atoms with Crippen molar-refractivity contribution in [1.82, 2.24) is 0 Å². The fraction of sp³-hybridized carbons (Fsp3) is 0. The first kappa shape index (κ1) is 41.1. The second-order valence-corrected chi connectivity index (χ2v) is 18.4. The lowest BCUT2D eigenvalue weighted by molar-refractivity contribution is 1.61. The molecule has 0 fully saturated rings. The van der Waals surface area contributed by atoms with Gasteiger partial charge < -0.3 is 0 Å². The number of hydrogen-bond acceptors (Lipinski definition) is 0. The molecule has 0 aliphatic carbocycles. The zero-order valence-corrected chi connectivity index (χ0v) is 38.6. The van der Waals surface area contributed by atoms with Crippen LogP contribution in [0.4, 0.5) is 0 Å². The van der Waals surface area contributed by atoms with Crippen molar-refractivity contribution < 1.29 is 0 Å². The molecule has 0 spiro atoms. The van der Waals surface area contributed by atoms with Gasteiger partial charge in [0.2, 0.25) is 0 Å². The molecule has 13 rings (SSSR count). The van der Waals surface area contributed by atoms with E-state index in [-0.39, 0.29) is 0 Å². The Morgan fingerprint density at radius 2 is 0.429 bits per heavy atom. The van der Waals surface area contributed by atoms with Crippen molar-refractivity contribution in [3.63, 3.8) is 0 Å². The normalized spacial score (nSPS) is 11.9. The van der Waals surface area contributed by atoms with Gasteiger partial charge in [-0.05, 0) is 144 Å². The minimum Gasteiger partial charge on any atom is -0.0616 e. The summed E-state index contributed by atoms with van der Waals surface area (Å²) in [6.07, 6.45) is 8.85. The molecule has 0 heteroatoms. The van der Waals surface area contributed by atoms with Crippen molar-refractivity contribution in [3.8, 4) is 44.5 Å². The molecule has 13 aromatic carbocycles. The zero-order chi connectivity index (χ0) is 46.4. The molecule has 0 atom stereocenters. The Balaban J connectivity index is 0.759. The van der Waals surface area contributed by atoms with E-state index in [1.807, 2.05) is 0 Å². The van der Waals surface area contributed by atoms with Crippen LogP contribution in [0.2, 0.25) is 0 Å². The standard InChI is InChI=1S/C70H46/c1-3-15-57-55(13-1)45-67(61-19-7-5-17-59(57)61)51-37-29-47(30-38-51)25-27-49-33-41-53(42-34-49)69-63-21-9-11-23-65(63)70(66-24-12-10-22-64(66)69)54-43-35-50(36-44-54)28-26-48-31-39-52(40-32-48)68-46-56-14-2-4-16-58(56)60-18-6-8-20-62(60)68/h1-46H. The zero-order valence-electron chi connectivity index (χ0n) is 38.6. The average Bonchev–Trinajstić information content (AvgIpc) is 3.43. The van der Waals surface area contributed by atoms with Crippen LogP contribution in [0.15, 0.2) is 255 Å². The number of fused-ring (bicyclic) bond motifs is 8. The van der Waals surface area contributed by atoms with Crippen molar-refractivity contribution >= 4 is 88.9 Å². The van der Waals surface area contributed by atoms with Gasteiger partial charge >= 0.3 is 0 Å². The first-order valence-corrected chi connectivity index (χ1v) is 24.2. The molecule has 0 nitrogen and oxygen atoms in total. The first-order valence-electron chi connectivity index (χ1n) is 24.2. The Labute approximate surface area is 408 Å². The Hall–Kier alpha value is -9.10. The molecule has 0 unspecified atom stereocenters. The Bertz CT molecular complexity index is 3840. The van der Waals surface area contributed by atoms with Crippen LogP contribution < -0.4 is 0 Å². The maximum Gasteiger partial charge on any atom is -0.00264 e. The highest BCUT2D eigenvalue weighted by Gasteiger charge is 2.17. The summed E-state index contributed by atoms with van der Waals surface area (Å²) in [5.74, 6) is 0. The molecule has 0 aromatic heterocycles. The summed E-state index contributed by atoms with van der Waals surface area (Å²) in [6, 6.07) is 93.3. The van der Waals surface area contributed by atoms with Gasteiger partial charge in [-0.15, -0.1) is 0 Å². The minimum atomic E-state index is 1.17. The SMILES string of the molecule is C(=Cc1ccc(-c2cc3ccccc3c3ccccc23)cc1)c1ccc(-c2c3ccccc3c(-c3ccc(C=Cc4ccc(-c5cc6ccccc6c6ccccc56)cc4)cc3)c3ccccc23)cc1. The summed E-state index contributed by atoms with van der Waals surface area (Å²) >= 11 is 0. The Kier molecular flexibility index (Phi) is 10.3. The van der Waals surface area contributed by atoms with E-state index in [9.17, 15) is 0 Å². The Morgan fingerprint density at radius 1 is 0.186 bits per heavy atom. The lowest BCUT2D eigenvalue weighted by Crippen LogP contribution is -1.91. The van der Waals surface area contributed by atoms with Crippen molar-refractivity contribution in [3.05, 3.63) is 277 Å². The lowest BCUT2D eigenvalue weighted by Gasteiger charge is -2.18. The molecular formula is C70H46. The average molecular weight is 887 g/mol. The Morgan fingerprint density at radius 3 is 0.743 bits per heavy atom. The van der Waals surface area contributed by atoms with Crippen LogP contribution in [-0.4, -0.2) is 0 Å². The highest BCUT2D eigenvalue weighted by molar-refractivity contribution is 6.21. The van der Waals surface area contributed by atoms with Crippen LogP contribution in [0.5, 0.6) is 0 Å². The maximum atomic E-state index is 2.33. The highest BCUT2D eigenvalue weighted by Crippen LogP contribution is 2.44. The minimum absolute atomic E-state index is 1.17. The monoisotopic (exact) mass is 886 g/mol. The third kappa shape index (κ3) is 7.44. The lowest BCUT2D eigenvalue weighted by atomic mass is 9.85. The van der Waals surface area contributed by atoms with E-state index >= 15 is 0 Å². The summed E-state index contributed by atoms with van der Waals surface area (Å²) in [5.41, 5.74) is 14.6. The summed E-state index contributed by atoms with van der Waals surface area (Å²) < 4.78 is 0. The van der Waals surface area contributed by atoms with Gasteiger partial charge in [0.25, 0.3) is 0 Å². The van der Waals surface area contributed by atoms with E-state index in [4.69, 9.17) is 0 Å². The fourth-order valence-corrected chi connectivity index (χ4v) is 10.8. The molecule has 13 aromatic rings. The highest BCUT2D eigenvalue weighted by atomic mass is 14.2. The van der Waals surface area contributed by atoms with Crippen LogP contribution in [0.3, 0.4) is 0 Å². The van der Waals surface area contributed by atoms with E-state index in [2.05, 4.69) is 279 Å². The quantitative estimate of drug-likeness (QED) is 0.0810. The van der Waals surface area contributed by atoms with Gasteiger partial charge in [0.1, 0.15) is 0 Å². The molecule has 0 bridgehead atoms. The van der Waals surface area contributed by atoms with Crippen LogP contribution in [0.25, 0.3) is 133 Å². The van der Waals surface area contributed by atoms with E-state index in [0.29, 0.717) is 0 Å².